The van der Waals surface area contributed by atoms with Crippen molar-refractivity contribution in [1.29, 1.82) is 0 Å². The summed E-state index contributed by atoms with van der Waals surface area (Å²) in [5, 5.41) is 31.7. The fraction of sp³-hybridized carbons (Fsp3) is 0.235. The fourth-order valence-electron chi connectivity index (χ4n) is 2.60. The first-order chi connectivity index (χ1) is 15.0. The summed E-state index contributed by atoms with van der Waals surface area (Å²) in [6.07, 6.45) is 0.354. The van der Waals surface area contributed by atoms with Crippen LogP contribution in [0.25, 0.3) is 0 Å². The zero-order valence-corrected chi connectivity index (χ0v) is 18.3. The van der Waals surface area contributed by atoms with Gasteiger partial charge in [0.25, 0.3) is 15.9 Å². The maximum absolute atomic E-state index is 12.7. The van der Waals surface area contributed by atoms with E-state index in [2.05, 4.69) is 15.0 Å². The molecule has 0 fully saturated rings. The zero-order chi connectivity index (χ0) is 23.9. The van der Waals surface area contributed by atoms with Crippen molar-refractivity contribution in [2.75, 3.05) is 11.3 Å². The number of carboxylic acids is 1. The number of hydrogen-bond donors (Lipinski definition) is 7. The Morgan fingerprint density at radius 2 is 1.94 bits per heavy atom. The van der Waals surface area contributed by atoms with Crippen LogP contribution in [-0.2, 0) is 14.8 Å². The van der Waals surface area contributed by atoms with Crippen molar-refractivity contribution in [3.05, 3.63) is 40.6 Å². The van der Waals surface area contributed by atoms with E-state index < -0.39 is 35.1 Å². The Bertz CT molecular complexity index is 1100. The van der Waals surface area contributed by atoms with E-state index in [9.17, 15) is 33.2 Å². The molecule has 1 heterocycles. The summed E-state index contributed by atoms with van der Waals surface area (Å²) in [6, 6.07) is 5.13. The molecule has 0 spiro atoms. The van der Waals surface area contributed by atoms with Crippen molar-refractivity contribution in [3.8, 4) is 0 Å². The van der Waals surface area contributed by atoms with Gasteiger partial charge >= 0.3 is 13.1 Å². The van der Waals surface area contributed by atoms with Crippen LogP contribution in [0.1, 0.15) is 22.5 Å². The number of carboxylic acid groups (broad SMARTS) is 1. The molecule has 0 aliphatic carbocycles. The predicted molar refractivity (Wildman–Crippen MR) is 120 cm³/mol. The molecular formula is C17H22BN5O7S2. The second-order valence-corrected chi connectivity index (χ2v) is 9.13. The lowest BCUT2D eigenvalue weighted by Gasteiger charge is -2.15. The summed E-state index contributed by atoms with van der Waals surface area (Å²) < 4.78 is 27.6. The molecule has 0 aliphatic rings. The number of guanidine groups is 1. The van der Waals surface area contributed by atoms with Crippen LogP contribution in [-0.4, -0.2) is 61.1 Å². The summed E-state index contributed by atoms with van der Waals surface area (Å²) in [5.74, 6) is -2.16. The van der Waals surface area contributed by atoms with Crippen LogP contribution in [0.3, 0.4) is 0 Å². The average molecular weight is 483 g/mol. The van der Waals surface area contributed by atoms with Gasteiger partial charge < -0.3 is 31.9 Å². The van der Waals surface area contributed by atoms with Gasteiger partial charge in [-0.25, -0.2) is 13.2 Å². The normalized spacial score (nSPS) is 11.9. The number of sulfonamides is 1. The van der Waals surface area contributed by atoms with Gasteiger partial charge in [-0.1, -0.05) is 12.1 Å². The van der Waals surface area contributed by atoms with Gasteiger partial charge in [0.15, 0.2) is 5.96 Å². The van der Waals surface area contributed by atoms with Crippen LogP contribution in [0.15, 0.2) is 45.6 Å². The molecule has 0 unspecified atom stereocenters. The molecule has 0 aliphatic heterocycles. The first kappa shape index (κ1) is 25.1. The molecule has 12 nitrogen and oxygen atoms in total. The molecule has 1 atom stereocenters. The summed E-state index contributed by atoms with van der Waals surface area (Å²) in [5.41, 5.74) is 10.3. The first-order valence-corrected chi connectivity index (χ1v) is 11.5. The average Bonchev–Trinajstić information content (AvgIpc) is 3.17. The van der Waals surface area contributed by atoms with Crippen LogP contribution in [0.5, 0.6) is 0 Å². The third-order valence-electron chi connectivity index (χ3n) is 4.13. The molecule has 9 N–H and O–H groups in total. The molecule has 2 rings (SSSR count). The number of nitrogens with two attached hydrogens (primary N) is 2. The number of nitrogens with zero attached hydrogens (tertiary/aromatic N) is 1. The number of thiophene rings is 1. The molecule has 15 heteroatoms. The van der Waals surface area contributed by atoms with Crippen molar-refractivity contribution < 1.29 is 33.2 Å². The van der Waals surface area contributed by atoms with Gasteiger partial charge in [0.2, 0.25) is 0 Å². The lowest BCUT2D eigenvalue weighted by Crippen LogP contribution is -2.40. The molecule has 32 heavy (non-hydrogen) atoms. The molecule has 0 radical (unpaired) electrons. The van der Waals surface area contributed by atoms with E-state index in [0.29, 0.717) is 6.42 Å². The van der Waals surface area contributed by atoms with Crippen molar-refractivity contribution in [2.45, 2.75) is 23.8 Å². The highest BCUT2D eigenvalue weighted by atomic mass is 32.2. The van der Waals surface area contributed by atoms with E-state index in [0.717, 1.165) is 17.4 Å². The number of hydrogen-bond acceptors (Lipinski definition) is 8. The summed E-state index contributed by atoms with van der Waals surface area (Å²) >= 11 is 0.921. The number of nitrogens with one attached hydrogen (secondary N) is 2. The van der Waals surface area contributed by atoms with E-state index in [4.69, 9.17) is 11.5 Å². The van der Waals surface area contributed by atoms with E-state index >= 15 is 0 Å². The van der Waals surface area contributed by atoms with Crippen LogP contribution in [0.4, 0.5) is 5.69 Å². The Hall–Kier alpha value is -3.14. The second-order valence-electron chi connectivity index (χ2n) is 6.53. The Kier molecular flexibility index (Phi) is 8.59. The second kappa shape index (κ2) is 10.9. The number of rotatable bonds is 11. The number of carbonyl (C=O) groups excluding carboxylic acids is 1. The minimum atomic E-state index is -4.17. The number of carbonyl (C=O) groups is 2. The van der Waals surface area contributed by atoms with E-state index in [1.807, 2.05) is 0 Å². The van der Waals surface area contributed by atoms with Crippen LogP contribution in [0, 0.1) is 0 Å². The molecule has 2 aromatic rings. The fourth-order valence-corrected chi connectivity index (χ4v) is 4.54. The maximum atomic E-state index is 12.7. The van der Waals surface area contributed by atoms with E-state index in [1.54, 1.807) is 0 Å². The van der Waals surface area contributed by atoms with E-state index in [1.165, 1.54) is 29.6 Å². The third-order valence-corrected chi connectivity index (χ3v) is 6.41. The van der Waals surface area contributed by atoms with Crippen molar-refractivity contribution in [1.82, 2.24) is 5.32 Å². The molecule has 0 saturated carbocycles. The van der Waals surface area contributed by atoms with Gasteiger partial charge in [-0.05, 0) is 41.9 Å². The van der Waals surface area contributed by atoms with Gasteiger partial charge in [0.1, 0.15) is 10.9 Å². The minimum Gasteiger partial charge on any atom is -0.480 e. The number of anilines is 1. The monoisotopic (exact) mass is 483 g/mol. The smallest absolute Gasteiger partial charge is 0.480 e. The quantitative estimate of drug-likeness (QED) is 0.0852. The number of amides is 1. The predicted octanol–water partition coefficient (Wildman–Crippen LogP) is -1.53. The summed E-state index contributed by atoms with van der Waals surface area (Å²) in [4.78, 5) is 27.5. The topological polar surface area (TPSA) is 217 Å². The van der Waals surface area contributed by atoms with Gasteiger partial charge in [0.05, 0.1) is 10.6 Å². The van der Waals surface area contributed by atoms with Gasteiger partial charge in [0, 0.05) is 6.54 Å². The summed E-state index contributed by atoms with van der Waals surface area (Å²) in [6.45, 7) is 0.188. The van der Waals surface area contributed by atoms with Crippen molar-refractivity contribution in [3.63, 3.8) is 0 Å². The first-order valence-electron chi connectivity index (χ1n) is 9.16. The lowest BCUT2D eigenvalue weighted by molar-refractivity contribution is -0.139. The largest absolute Gasteiger partial charge is 0.488 e. The van der Waals surface area contributed by atoms with Crippen LogP contribution >= 0.6 is 11.3 Å². The maximum Gasteiger partial charge on any atom is 0.488 e. The molecule has 0 bridgehead atoms. The van der Waals surface area contributed by atoms with Gasteiger partial charge in [-0.3, -0.25) is 14.5 Å². The standard InChI is InChI=1S/C17H22BN5O7S2/c19-17(20)21-7-2-5-13(16(25)26)22-15(24)14-12(6-8-31-14)23-32(29,30)11-4-1-3-10(9-11)18(27)28/h1,3-4,6,8-9,13,23,27-28H,2,5,7H2,(H,22,24)(H,25,26)(H4,19,20,21)/t13-/m0/s1. The number of benzene rings is 1. The van der Waals surface area contributed by atoms with Crippen molar-refractivity contribution >= 4 is 57.5 Å². The Morgan fingerprint density at radius 3 is 2.56 bits per heavy atom. The Balaban J connectivity index is 2.14. The highest BCUT2D eigenvalue weighted by Crippen LogP contribution is 2.25. The summed E-state index contributed by atoms with van der Waals surface area (Å²) in [7, 11) is -6.02. The molecule has 172 valence electrons. The molecular weight excluding hydrogens is 461 g/mol. The Labute approximate surface area is 188 Å². The number of aliphatic imine (C=N–C) groups is 1. The highest BCUT2D eigenvalue weighted by molar-refractivity contribution is 7.92. The molecule has 0 saturated heterocycles. The van der Waals surface area contributed by atoms with Crippen LogP contribution in [0.2, 0.25) is 0 Å². The lowest BCUT2D eigenvalue weighted by atomic mass is 9.81. The third kappa shape index (κ3) is 6.95. The highest BCUT2D eigenvalue weighted by Gasteiger charge is 2.25. The zero-order valence-electron chi connectivity index (χ0n) is 16.6. The van der Waals surface area contributed by atoms with Crippen LogP contribution < -0.4 is 27.0 Å². The van der Waals surface area contributed by atoms with E-state index in [-0.39, 0.29) is 39.8 Å². The minimum absolute atomic E-state index is 0.0267. The molecule has 1 amide bonds. The molecule has 1 aromatic carbocycles. The SMILES string of the molecule is NC(N)=NCCC[C@H](NC(=O)c1sccc1NS(=O)(=O)c1cccc(B(O)O)c1)C(=O)O. The van der Waals surface area contributed by atoms with Crippen molar-refractivity contribution in [2.24, 2.45) is 16.5 Å². The number of aliphatic carboxylic acids is 1. The van der Waals surface area contributed by atoms with Gasteiger partial charge in [-0.2, -0.15) is 0 Å². The van der Waals surface area contributed by atoms with Gasteiger partial charge in [-0.15, -0.1) is 11.3 Å². The Morgan fingerprint density at radius 1 is 1.22 bits per heavy atom. The molecule has 1 aromatic heterocycles.